The second kappa shape index (κ2) is 9.29. The fourth-order valence-electron chi connectivity index (χ4n) is 2.18. The summed E-state index contributed by atoms with van der Waals surface area (Å²) in [5.41, 5.74) is 1.97. The largest absolute Gasteiger partial charge is 0.355 e. The zero-order chi connectivity index (χ0) is 15.7. The number of hydrogen-bond donors (Lipinski definition) is 1. The Labute approximate surface area is 127 Å². The molecule has 0 spiro atoms. The van der Waals surface area contributed by atoms with Crippen molar-refractivity contribution in [2.24, 2.45) is 0 Å². The highest BCUT2D eigenvalue weighted by Gasteiger charge is 2.14. The Bertz CT molecular complexity index is 454. The lowest BCUT2D eigenvalue weighted by Crippen LogP contribution is -2.39. The van der Waals surface area contributed by atoms with Gasteiger partial charge in [-0.1, -0.05) is 44.5 Å². The number of hydrogen-bond acceptors (Lipinski definition) is 3. The molecule has 0 fully saturated rings. The summed E-state index contributed by atoms with van der Waals surface area (Å²) in [6, 6.07) is 7.79. The molecular formula is C17H26N2O2. The van der Waals surface area contributed by atoms with Crippen LogP contribution in [0.1, 0.15) is 43.1 Å². The molecule has 0 aromatic heterocycles. The van der Waals surface area contributed by atoms with Gasteiger partial charge in [0.25, 0.3) is 0 Å². The first-order chi connectivity index (χ1) is 10.1. The van der Waals surface area contributed by atoms with Crippen molar-refractivity contribution in [3.63, 3.8) is 0 Å². The number of carbonyl (C=O) groups is 2. The van der Waals surface area contributed by atoms with E-state index in [0.29, 0.717) is 18.7 Å². The van der Waals surface area contributed by atoms with Crippen LogP contribution in [0.2, 0.25) is 0 Å². The van der Waals surface area contributed by atoms with E-state index < -0.39 is 0 Å². The number of benzene rings is 1. The van der Waals surface area contributed by atoms with Crippen LogP contribution in [-0.2, 0) is 11.2 Å². The third-order valence-corrected chi connectivity index (χ3v) is 3.37. The molecule has 0 unspecified atom stereocenters. The molecule has 0 saturated heterocycles. The van der Waals surface area contributed by atoms with Gasteiger partial charge in [0.05, 0.1) is 13.1 Å². The quantitative estimate of drug-likeness (QED) is 0.710. The fourth-order valence-corrected chi connectivity index (χ4v) is 2.18. The third-order valence-electron chi connectivity index (χ3n) is 3.37. The molecule has 4 nitrogen and oxygen atoms in total. The van der Waals surface area contributed by atoms with E-state index in [1.165, 1.54) is 5.56 Å². The van der Waals surface area contributed by atoms with Crippen LogP contribution in [0.3, 0.4) is 0 Å². The van der Waals surface area contributed by atoms with Gasteiger partial charge in [-0.15, -0.1) is 0 Å². The van der Waals surface area contributed by atoms with Crippen LogP contribution in [0.25, 0.3) is 0 Å². The van der Waals surface area contributed by atoms with Crippen molar-refractivity contribution in [3.8, 4) is 0 Å². The second-order valence-corrected chi connectivity index (χ2v) is 5.13. The average Bonchev–Trinajstić information content (AvgIpc) is 2.47. The van der Waals surface area contributed by atoms with E-state index in [9.17, 15) is 9.59 Å². The molecule has 0 saturated carbocycles. The molecule has 0 atom stereocenters. The summed E-state index contributed by atoms with van der Waals surface area (Å²) in [5, 5.41) is 2.75. The molecule has 1 aromatic rings. The standard InChI is InChI=1S/C17H26N2O2/c1-4-7-14-8-10-15(11-9-14)16(20)12-19(6-3)13-17(21)18-5-2/h8-11H,4-7,12-13H2,1-3H3,(H,18,21). The van der Waals surface area contributed by atoms with Gasteiger partial charge in [-0.3, -0.25) is 14.5 Å². The number of nitrogens with one attached hydrogen (secondary N) is 1. The third kappa shape index (κ3) is 6.08. The minimum atomic E-state index is -0.0366. The van der Waals surface area contributed by atoms with Gasteiger partial charge in [0.2, 0.25) is 5.91 Å². The second-order valence-electron chi connectivity index (χ2n) is 5.13. The maximum Gasteiger partial charge on any atom is 0.234 e. The number of amides is 1. The Morgan fingerprint density at radius 1 is 1.05 bits per heavy atom. The van der Waals surface area contributed by atoms with Gasteiger partial charge in [-0.25, -0.2) is 0 Å². The highest BCUT2D eigenvalue weighted by molar-refractivity contribution is 5.97. The first-order valence-electron chi connectivity index (χ1n) is 7.71. The van der Waals surface area contributed by atoms with Crippen molar-refractivity contribution in [3.05, 3.63) is 35.4 Å². The summed E-state index contributed by atoms with van der Waals surface area (Å²) < 4.78 is 0. The molecule has 116 valence electrons. The van der Waals surface area contributed by atoms with E-state index in [4.69, 9.17) is 0 Å². The maximum absolute atomic E-state index is 12.2. The molecule has 0 aliphatic carbocycles. The van der Waals surface area contributed by atoms with Crippen LogP contribution in [0.4, 0.5) is 0 Å². The summed E-state index contributed by atoms with van der Waals surface area (Å²) in [4.78, 5) is 25.7. The van der Waals surface area contributed by atoms with E-state index >= 15 is 0 Å². The van der Waals surface area contributed by atoms with Gasteiger partial charge < -0.3 is 5.32 Å². The van der Waals surface area contributed by atoms with E-state index in [-0.39, 0.29) is 24.8 Å². The Balaban J connectivity index is 2.59. The Morgan fingerprint density at radius 3 is 2.24 bits per heavy atom. The normalized spacial score (nSPS) is 10.7. The van der Waals surface area contributed by atoms with Crippen molar-refractivity contribution in [1.29, 1.82) is 0 Å². The molecule has 0 radical (unpaired) electrons. The minimum Gasteiger partial charge on any atom is -0.355 e. The van der Waals surface area contributed by atoms with Gasteiger partial charge >= 0.3 is 0 Å². The number of aryl methyl sites for hydroxylation is 1. The van der Waals surface area contributed by atoms with E-state index in [2.05, 4.69) is 12.2 Å². The molecule has 1 rings (SSSR count). The SMILES string of the molecule is CCCc1ccc(C(=O)CN(CC)CC(=O)NCC)cc1. The smallest absolute Gasteiger partial charge is 0.234 e. The monoisotopic (exact) mass is 290 g/mol. The van der Waals surface area contributed by atoms with Crippen LogP contribution in [-0.4, -0.2) is 42.8 Å². The van der Waals surface area contributed by atoms with Crippen LogP contribution in [0, 0.1) is 0 Å². The number of likely N-dealkylation sites (N-methyl/N-ethyl adjacent to an activating group) is 2. The highest BCUT2D eigenvalue weighted by Crippen LogP contribution is 2.08. The van der Waals surface area contributed by atoms with Crippen molar-refractivity contribution < 1.29 is 9.59 Å². The first kappa shape index (κ1) is 17.4. The number of rotatable bonds is 9. The van der Waals surface area contributed by atoms with Crippen LogP contribution in [0.15, 0.2) is 24.3 Å². The summed E-state index contributed by atoms with van der Waals surface area (Å²) >= 11 is 0. The van der Waals surface area contributed by atoms with E-state index in [1.807, 2.05) is 43.0 Å². The van der Waals surface area contributed by atoms with Gasteiger partial charge in [0.15, 0.2) is 5.78 Å². The van der Waals surface area contributed by atoms with Crippen LogP contribution < -0.4 is 5.32 Å². The summed E-state index contributed by atoms with van der Waals surface area (Å²) in [7, 11) is 0. The lowest BCUT2D eigenvalue weighted by Gasteiger charge is -2.18. The summed E-state index contributed by atoms with van der Waals surface area (Å²) in [6.45, 7) is 7.82. The van der Waals surface area contributed by atoms with Crippen LogP contribution >= 0.6 is 0 Å². The van der Waals surface area contributed by atoms with Crippen molar-refractivity contribution >= 4 is 11.7 Å². The van der Waals surface area contributed by atoms with E-state index in [1.54, 1.807) is 0 Å². The van der Waals surface area contributed by atoms with Crippen molar-refractivity contribution in [2.45, 2.75) is 33.6 Å². The molecule has 1 amide bonds. The van der Waals surface area contributed by atoms with Crippen molar-refractivity contribution in [2.75, 3.05) is 26.2 Å². The van der Waals surface area contributed by atoms with E-state index in [0.717, 1.165) is 12.8 Å². The molecule has 0 aliphatic rings. The number of ketones is 1. The summed E-state index contributed by atoms with van der Waals surface area (Å²) in [6.07, 6.45) is 2.14. The van der Waals surface area contributed by atoms with Crippen LogP contribution in [0.5, 0.6) is 0 Å². The maximum atomic E-state index is 12.2. The van der Waals surface area contributed by atoms with Crippen molar-refractivity contribution in [1.82, 2.24) is 10.2 Å². The van der Waals surface area contributed by atoms with Gasteiger partial charge in [-0.2, -0.15) is 0 Å². The average molecular weight is 290 g/mol. The molecule has 0 bridgehead atoms. The molecular weight excluding hydrogens is 264 g/mol. The number of Topliss-reactive ketones (excluding diaryl/α,β-unsaturated/α-hetero) is 1. The van der Waals surface area contributed by atoms with Gasteiger partial charge in [0, 0.05) is 12.1 Å². The minimum absolute atomic E-state index is 0.0366. The number of carbonyl (C=O) groups excluding carboxylic acids is 2. The first-order valence-corrected chi connectivity index (χ1v) is 7.71. The molecule has 0 aliphatic heterocycles. The molecule has 4 heteroatoms. The molecule has 1 N–H and O–H groups in total. The predicted molar refractivity (Wildman–Crippen MR) is 85.6 cm³/mol. The zero-order valence-corrected chi connectivity index (χ0v) is 13.3. The Kier molecular flexibility index (Phi) is 7.69. The highest BCUT2D eigenvalue weighted by atomic mass is 16.2. The fraction of sp³-hybridized carbons (Fsp3) is 0.529. The predicted octanol–water partition coefficient (Wildman–Crippen LogP) is 2.28. The molecule has 1 aromatic carbocycles. The summed E-state index contributed by atoms with van der Waals surface area (Å²) in [5.74, 6) is 0.0228. The lowest BCUT2D eigenvalue weighted by atomic mass is 10.1. The Hall–Kier alpha value is -1.68. The Morgan fingerprint density at radius 2 is 1.71 bits per heavy atom. The van der Waals surface area contributed by atoms with Gasteiger partial charge in [0.1, 0.15) is 0 Å². The molecule has 21 heavy (non-hydrogen) atoms. The molecule has 0 heterocycles. The van der Waals surface area contributed by atoms with Gasteiger partial charge in [-0.05, 0) is 25.5 Å². The zero-order valence-electron chi connectivity index (χ0n) is 13.3. The lowest BCUT2D eigenvalue weighted by molar-refractivity contribution is -0.121. The topological polar surface area (TPSA) is 49.4 Å². The number of nitrogens with zero attached hydrogens (tertiary/aromatic N) is 1.